The SMILES string of the molecule is CCNc1cccnc1S(=O)(=O)N1CCC2CCCCC21. The van der Waals surface area contributed by atoms with Crippen LogP contribution in [0.1, 0.15) is 39.0 Å². The number of sulfonamides is 1. The number of nitrogens with zero attached hydrogens (tertiary/aromatic N) is 2. The molecule has 0 spiro atoms. The van der Waals surface area contributed by atoms with Crippen molar-refractivity contribution in [3.8, 4) is 0 Å². The van der Waals surface area contributed by atoms with Gasteiger partial charge in [-0.2, -0.15) is 4.31 Å². The summed E-state index contributed by atoms with van der Waals surface area (Å²) >= 11 is 0. The van der Waals surface area contributed by atoms with Crippen molar-refractivity contribution in [2.24, 2.45) is 5.92 Å². The lowest BCUT2D eigenvalue weighted by Crippen LogP contribution is -2.39. The molecule has 3 rings (SSSR count). The maximum atomic E-state index is 13.0. The monoisotopic (exact) mass is 309 g/mol. The maximum Gasteiger partial charge on any atom is 0.262 e. The number of nitrogens with one attached hydrogen (secondary N) is 1. The minimum absolute atomic E-state index is 0.179. The summed E-state index contributed by atoms with van der Waals surface area (Å²) < 4.78 is 27.7. The summed E-state index contributed by atoms with van der Waals surface area (Å²) in [7, 11) is -3.50. The first-order chi connectivity index (χ1) is 10.1. The summed E-state index contributed by atoms with van der Waals surface area (Å²) in [5.41, 5.74) is 0.610. The predicted molar refractivity (Wildman–Crippen MR) is 82.7 cm³/mol. The Morgan fingerprint density at radius 2 is 2.14 bits per heavy atom. The van der Waals surface area contributed by atoms with Gasteiger partial charge in [0.05, 0.1) is 5.69 Å². The van der Waals surface area contributed by atoms with E-state index >= 15 is 0 Å². The zero-order valence-corrected chi connectivity index (χ0v) is 13.3. The Labute approximate surface area is 126 Å². The van der Waals surface area contributed by atoms with Crippen LogP contribution in [0.15, 0.2) is 23.4 Å². The van der Waals surface area contributed by atoms with Crippen LogP contribution >= 0.6 is 0 Å². The molecular formula is C15H23N3O2S. The molecule has 1 aliphatic carbocycles. The van der Waals surface area contributed by atoms with E-state index in [9.17, 15) is 8.42 Å². The second kappa shape index (κ2) is 5.93. The van der Waals surface area contributed by atoms with E-state index in [1.807, 2.05) is 6.92 Å². The predicted octanol–water partition coefficient (Wildman–Crippen LogP) is 2.47. The molecule has 2 unspecified atom stereocenters. The first-order valence-corrected chi connectivity index (χ1v) is 9.29. The van der Waals surface area contributed by atoms with Crippen LogP contribution in [0.3, 0.4) is 0 Å². The van der Waals surface area contributed by atoms with Gasteiger partial charge in [-0.1, -0.05) is 12.8 Å². The van der Waals surface area contributed by atoms with E-state index in [1.165, 1.54) is 12.8 Å². The average molecular weight is 309 g/mol. The number of hydrogen-bond acceptors (Lipinski definition) is 4. The second-order valence-electron chi connectivity index (χ2n) is 5.90. The minimum Gasteiger partial charge on any atom is -0.383 e. The van der Waals surface area contributed by atoms with Crippen molar-refractivity contribution in [1.29, 1.82) is 0 Å². The van der Waals surface area contributed by atoms with E-state index in [1.54, 1.807) is 22.6 Å². The Morgan fingerprint density at radius 1 is 1.33 bits per heavy atom. The van der Waals surface area contributed by atoms with Gasteiger partial charge in [0.25, 0.3) is 10.0 Å². The smallest absolute Gasteiger partial charge is 0.262 e. The van der Waals surface area contributed by atoms with Gasteiger partial charge < -0.3 is 5.32 Å². The zero-order valence-electron chi connectivity index (χ0n) is 12.5. The van der Waals surface area contributed by atoms with Crippen LogP contribution in [0.2, 0.25) is 0 Å². The van der Waals surface area contributed by atoms with E-state index in [4.69, 9.17) is 0 Å². The van der Waals surface area contributed by atoms with Crippen LogP contribution in [0.25, 0.3) is 0 Å². The largest absolute Gasteiger partial charge is 0.383 e. The molecule has 1 saturated carbocycles. The standard InChI is InChI=1S/C15H23N3O2S/c1-2-16-13-7-5-10-17-15(13)21(19,20)18-11-9-12-6-3-4-8-14(12)18/h5,7,10,12,14,16H,2-4,6,8-9,11H2,1H3. The molecule has 1 aromatic heterocycles. The Bertz CT molecular complexity index is 603. The molecule has 6 heteroatoms. The summed E-state index contributed by atoms with van der Waals surface area (Å²) in [4.78, 5) is 4.16. The van der Waals surface area contributed by atoms with Crippen molar-refractivity contribution in [2.45, 2.75) is 50.1 Å². The molecular weight excluding hydrogens is 286 g/mol. The van der Waals surface area contributed by atoms with Gasteiger partial charge in [0.15, 0.2) is 5.03 Å². The number of pyridine rings is 1. The first kappa shape index (κ1) is 14.8. The van der Waals surface area contributed by atoms with E-state index in [2.05, 4.69) is 10.3 Å². The fraction of sp³-hybridized carbons (Fsp3) is 0.667. The van der Waals surface area contributed by atoms with Gasteiger partial charge in [-0.25, -0.2) is 13.4 Å². The fourth-order valence-electron chi connectivity index (χ4n) is 3.69. The van der Waals surface area contributed by atoms with Crippen LogP contribution < -0.4 is 5.32 Å². The number of anilines is 1. The molecule has 1 N–H and O–H groups in total. The van der Waals surface area contributed by atoms with Gasteiger partial charge in [-0.15, -0.1) is 0 Å². The highest BCUT2D eigenvalue weighted by Crippen LogP contribution is 2.39. The minimum atomic E-state index is -3.50. The van der Waals surface area contributed by atoms with Crippen LogP contribution in [0, 0.1) is 5.92 Å². The van der Waals surface area contributed by atoms with Crippen molar-refractivity contribution < 1.29 is 8.42 Å². The van der Waals surface area contributed by atoms with Gasteiger partial charge >= 0.3 is 0 Å². The summed E-state index contributed by atoms with van der Waals surface area (Å²) in [6.45, 7) is 3.27. The number of fused-ring (bicyclic) bond motifs is 1. The van der Waals surface area contributed by atoms with Crippen molar-refractivity contribution in [3.63, 3.8) is 0 Å². The van der Waals surface area contributed by atoms with Gasteiger partial charge in [0.2, 0.25) is 0 Å². The quantitative estimate of drug-likeness (QED) is 0.928. The van der Waals surface area contributed by atoms with Crippen molar-refractivity contribution in [1.82, 2.24) is 9.29 Å². The molecule has 0 aromatic carbocycles. The lowest BCUT2D eigenvalue weighted by Gasteiger charge is -2.31. The molecule has 0 amide bonds. The van der Waals surface area contributed by atoms with Crippen LogP contribution in [0.4, 0.5) is 5.69 Å². The van der Waals surface area contributed by atoms with E-state index in [0.717, 1.165) is 19.3 Å². The number of aromatic nitrogens is 1. The average Bonchev–Trinajstić information content (AvgIpc) is 2.93. The molecule has 0 bridgehead atoms. The molecule has 2 aliphatic rings. The number of hydrogen-bond donors (Lipinski definition) is 1. The highest BCUT2D eigenvalue weighted by atomic mass is 32.2. The van der Waals surface area contributed by atoms with Gasteiger partial charge in [-0.3, -0.25) is 0 Å². The Balaban J connectivity index is 1.94. The fourth-order valence-corrected chi connectivity index (χ4v) is 5.51. The molecule has 0 radical (unpaired) electrons. The topological polar surface area (TPSA) is 62.3 Å². The van der Waals surface area contributed by atoms with Gasteiger partial charge in [0, 0.05) is 25.3 Å². The van der Waals surface area contributed by atoms with Crippen molar-refractivity contribution in [3.05, 3.63) is 18.3 Å². The zero-order chi connectivity index (χ0) is 14.9. The highest BCUT2D eigenvalue weighted by molar-refractivity contribution is 7.89. The van der Waals surface area contributed by atoms with Crippen LogP contribution in [0.5, 0.6) is 0 Å². The van der Waals surface area contributed by atoms with Crippen molar-refractivity contribution >= 4 is 15.7 Å². The normalized spacial score (nSPS) is 26.5. The Morgan fingerprint density at radius 3 is 2.95 bits per heavy atom. The Hall–Kier alpha value is -1.14. The molecule has 2 atom stereocenters. The summed E-state index contributed by atoms with van der Waals surface area (Å²) in [6.07, 6.45) is 7.08. The molecule has 2 heterocycles. The van der Waals surface area contributed by atoms with Gasteiger partial charge in [0.1, 0.15) is 0 Å². The molecule has 1 aliphatic heterocycles. The first-order valence-electron chi connectivity index (χ1n) is 7.85. The summed E-state index contributed by atoms with van der Waals surface area (Å²) in [5, 5.41) is 3.29. The molecule has 21 heavy (non-hydrogen) atoms. The lowest BCUT2D eigenvalue weighted by molar-refractivity contribution is 0.260. The third-order valence-corrected chi connectivity index (χ3v) is 6.54. The van der Waals surface area contributed by atoms with E-state index < -0.39 is 10.0 Å². The Kier molecular flexibility index (Phi) is 4.17. The van der Waals surface area contributed by atoms with Crippen LogP contribution in [-0.2, 0) is 10.0 Å². The second-order valence-corrected chi connectivity index (χ2v) is 7.71. The third kappa shape index (κ3) is 2.66. The summed E-state index contributed by atoms with van der Waals surface area (Å²) in [5.74, 6) is 0.542. The third-order valence-electron chi connectivity index (χ3n) is 4.65. The molecule has 1 saturated heterocycles. The molecule has 2 fully saturated rings. The van der Waals surface area contributed by atoms with E-state index in [0.29, 0.717) is 24.7 Å². The molecule has 5 nitrogen and oxygen atoms in total. The molecule has 116 valence electrons. The van der Waals surface area contributed by atoms with E-state index in [-0.39, 0.29) is 11.1 Å². The highest BCUT2D eigenvalue weighted by Gasteiger charge is 2.43. The lowest BCUT2D eigenvalue weighted by atomic mass is 9.86. The van der Waals surface area contributed by atoms with Gasteiger partial charge in [-0.05, 0) is 44.2 Å². The maximum absolute atomic E-state index is 13.0. The molecule has 1 aromatic rings. The van der Waals surface area contributed by atoms with Crippen molar-refractivity contribution in [2.75, 3.05) is 18.4 Å². The summed E-state index contributed by atoms with van der Waals surface area (Å²) in [6, 6.07) is 3.74. The number of rotatable bonds is 4. The van der Waals surface area contributed by atoms with Crippen LogP contribution in [-0.4, -0.2) is 36.8 Å².